The van der Waals surface area contributed by atoms with Crippen LogP contribution in [-0.4, -0.2) is 39.8 Å². The first-order valence-electron chi connectivity index (χ1n) is 7.99. The topological polar surface area (TPSA) is 86.8 Å². The Kier molecular flexibility index (Phi) is 4.47. The number of carbonyl (C=O) groups excluding carboxylic acids is 1. The van der Waals surface area contributed by atoms with Gasteiger partial charge in [0.25, 0.3) is 5.91 Å². The standard InChI is InChI=1S/C17H20N6O/c1-12-8-16(22(2)21-12)23-7-3-4-14(11-23)20-17(24)15-9-13(10-18)5-6-19-15/h5-6,8-9,14H,3-4,7,11H2,1-2H3,(H,20,24). The number of pyridine rings is 1. The zero-order valence-electron chi connectivity index (χ0n) is 13.9. The Morgan fingerprint density at radius 2 is 2.29 bits per heavy atom. The summed E-state index contributed by atoms with van der Waals surface area (Å²) in [7, 11) is 1.93. The van der Waals surface area contributed by atoms with Gasteiger partial charge in [-0.15, -0.1) is 0 Å². The number of nitriles is 1. The summed E-state index contributed by atoms with van der Waals surface area (Å²) in [4.78, 5) is 18.7. The molecule has 7 nitrogen and oxygen atoms in total. The largest absolute Gasteiger partial charge is 0.355 e. The molecule has 1 atom stereocenters. The van der Waals surface area contributed by atoms with E-state index < -0.39 is 0 Å². The van der Waals surface area contributed by atoms with Gasteiger partial charge in [-0.2, -0.15) is 10.4 Å². The van der Waals surface area contributed by atoms with Crippen LogP contribution in [0, 0.1) is 18.3 Å². The van der Waals surface area contributed by atoms with Crippen molar-refractivity contribution in [1.29, 1.82) is 5.26 Å². The lowest BCUT2D eigenvalue weighted by molar-refractivity contribution is 0.0928. The molecule has 124 valence electrons. The third kappa shape index (κ3) is 3.38. The molecular formula is C17H20N6O. The lowest BCUT2D eigenvalue weighted by Gasteiger charge is -2.34. The maximum absolute atomic E-state index is 12.4. The van der Waals surface area contributed by atoms with E-state index in [1.165, 1.54) is 12.3 Å². The average Bonchev–Trinajstić information content (AvgIpc) is 2.93. The van der Waals surface area contributed by atoms with Crippen molar-refractivity contribution in [1.82, 2.24) is 20.1 Å². The minimum absolute atomic E-state index is 0.0500. The summed E-state index contributed by atoms with van der Waals surface area (Å²) in [5.41, 5.74) is 1.70. The van der Waals surface area contributed by atoms with Crippen molar-refractivity contribution in [3.05, 3.63) is 41.3 Å². The van der Waals surface area contributed by atoms with Gasteiger partial charge in [-0.25, -0.2) is 0 Å². The molecule has 0 radical (unpaired) electrons. The Labute approximate surface area is 140 Å². The maximum atomic E-state index is 12.4. The van der Waals surface area contributed by atoms with Gasteiger partial charge >= 0.3 is 0 Å². The van der Waals surface area contributed by atoms with Crippen LogP contribution in [0.2, 0.25) is 0 Å². The molecule has 3 heterocycles. The highest BCUT2D eigenvalue weighted by Gasteiger charge is 2.24. The van der Waals surface area contributed by atoms with Crippen LogP contribution in [0.1, 0.15) is 34.6 Å². The molecule has 0 aliphatic carbocycles. The fraction of sp³-hybridized carbons (Fsp3) is 0.412. The molecule has 1 saturated heterocycles. The predicted octanol–water partition coefficient (Wildman–Crippen LogP) is 1.39. The van der Waals surface area contributed by atoms with E-state index in [1.54, 1.807) is 6.07 Å². The highest BCUT2D eigenvalue weighted by atomic mass is 16.1. The van der Waals surface area contributed by atoms with Crippen LogP contribution in [-0.2, 0) is 7.05 Å². The summed E-state index contributed by atoms with van der Waals surface area (Å²) >= 11 is 0. The number of hydrogen-bond donors (Lipinski definition) is 1. The molecule has 0 saturated carbocycles. The molecule has 0 spiro atoms. The third-order valence-electron chi connectivity index (χ3n) is 4.18. The molecule has 1 N–H and O–H groups in total. The Hall–Kier alpha value is -2.88. The molecule has 1 unspecified atom stereocenters. The van der Waals surface area contributed by atoms with Crippen molar-refractivity contribution in [3.8, 4) is 6.07 Å². The van der Waals surface area contributed by atoms with Crippen molar-refractivity contribution in [2.75, 3.05) is 18.0 Å². The fourth-order valence-electron chi connectivity index (χ4n) is 3.08. The van der Waals surface area contributed by atoms with Crippen molar-refractivity contribution in [2.24, 2.45) is 7.05 Å². The highest BCUT2D eigenvalue weighted by Crippen LogP contribution is 2.20. The SMILES string of the molecule is Cc1cc(N2CCCC(NC(=O)c3cc(C#N)ccn3)C2)n(C)n1. The second-order valence-corrected chi connectivity index (χ2v) is 6.07. The first kappa shape index (κ1) is 16.0. The van der Waals surface area contributed by atoms with Crippen molar-refractivity contribution < 1.29 is 4.79 Å². The molecule has 1 fully saturated rings. The number of aromatic nitrogens is 3. The zero-order valence-corrected chi connectivity index (χ0v) is 13.9. The van der Waals surface area contributed by atoms with E-state index in [2.05, 4.69) is 26.4 Å². The normalized spacial score (nSPS) is 17.4. The number of nitrogens with one attached hydrogen (secondary N) is 1. The summed E-state index contributed by atoms with van der Waals surface area (Å²) in [5, 5.41) is 16.3. The van der Waals surface area contributed by atoms with E-state index >= 15 is 0 Å². The van der Waals surface area contributed by atoms with Crippen molar-refractivity contribution in [2.45, 2.75) is 25.8 Å². The number of anilines is 1. The molecule has 2 aromatic heterocycles. The van der Waals surface area contributed by atoms with Crippen LogP contribution in [0.3, 0.4) is 0 Å². The predicted molar refractivity (Wildman–Crippen MR) is 89.6 cm³/mol. The van der Waals surface area contributed by atoms with Gasteiger partial charge in [0, 0.05) is 38.4 Å². The van der Waals surface area contributed by atoms with Crippen molar-refractivity contribution >= 4 is 11.7 Å². The van der Waals surface area contributed by atoms with Gasteiger partial charge in [0.05, 0.1) is 17.3 Å². The van der Waals surface area contributed by atoms with E-state index in [-0.39, 0.29) is 17.6 Å². The first-order chi connectivity index (χ1) is 11.6. The summed E-state index contributed by atoms with van der Waals surface area (Å²) < 4.78 is 1.87. The summed E-state index contributed by atoms with van der Waals surface area (Å²) in [5.74, 6) is 0.830. The van der Waals surface area contributed by atoms with Crippen LogP contribution < -0.4 is 10.2 Å². The first-order valence-corrected chi connectivity index (χ1v) is 7.99. The smallest absolute Gasteiger partial charge is 0.270 e. The Morgan fingerprint density at radius 1 is 1.46 bits per heavy atom. The number of hydrogen-bond acceptors (Lipinski definition) is 5. The van der Waals surface area contributed by atoms with Gasteiger partial charge in [-0.05, 0) is 31.9 Å². The molecule has 1 amide bonds. The molecule has 1 aliphatic heterocycles. The molecule has 7 heteroatoms. The van der Waals surface area contributed by atoms with Gasteiger partial charge < -0.3 is 10.2 Å². The van der Waals surface area contributed by atoms with Crippen LogP contribution in [0.4, 0.5) is 5.82 Å². The summed E-state index contributed by atoms with van der Waals surface area (Å²) in [6.45, 7) is 3.66. The zero-order chi connectivity index (χ0) is 17.1. The number of nitrogens with zero attached hydrogens (tertiary/aromatic N) is 5. The van der Waals surface area contributed by atoms with Gasteiger partial charge in [-0.3, -0.25) is 14.5 Å². The van der Waals surface area contributed by atoms with E-state index in [0.717, 1.165) is 37.4 Å². The molecule has 0 bridgehead atoms. The summed E-state index contributed by atoms with van der Waals surface area (Å²) in [6, 6.07) is 7.23. The van der Waals surface area contributed by atoms with E-state index in [9.17, 15) is 4.79 Å². The Morgan fingerprint density at radius 3 is 3.00 bits per heavy atom. The van der Waals surface area contributed by atoms with Gasteiger partial charge in [0.1, 0.15) is 11.5 Å². The quantitative estimate of drug-likeness (QED) is 0.922. The minimum atomic E-state index is -0.236. The van der Waals surface area contributed by atoms with Gasteiger partial charge in [-0.1, -0.05) is 0 Å². The number of rotatable bonds is 3. The Bertz CT molecular complexity index is 791. The average molecular weight is 324 g/mol. The summed E-state index contributed by atoms with van der Waals surface area (Å²) in [6.07, 6.45) is 3.41. The lowest BCUT2D eigenvalue weighted by atomic mass is 10.1. The van der Waals surface area contributed by atoms with E-state index in [4.69, 9.17) is 5.26 Å². The second-order valence-electron chi connectivity index (χ2n) is 6.07. The van der Waals surface area contributed by atoms with E-state index in [0.29, 0.717) is 5.56 Å². The lowest BCUT2D eigenvalue weighted by Crippen LogP contribution is -2.48. The van der Waals surface area contributed by atoms with Crippen LogP contribution in [0.5, 0.6) is 0 Å². The number of amides is 1. The third-order valence-corrected chi connectivity index (χ3v) is 4.18. The number of carbonyl (C=O) groups is 1. The highest BCUT2D eigenvalue weighted by molar-refractivity contribution is 5.92. The molecule has 0 aromatic carbocycles. The van der Waals surface area contributed by atoms with E-state index in [1.807, 2.05) is 24.7 Å². The van der Waals surface area contributed by atoms with Crippen LogP contribution in [0.25, 0.3) is 0 Å². The number of piperidine rings is 1. The fourth-order valence-corrected chi connectivity index (χ4v) is 3.08. The van der Waals surface area contributed by atoms with Crippen LogP contribution in [0.15, 0.2) is 24.4 Å². The molecular weight excluding hydrogens is 304 g/mol. The number of aryl methyl sites for hydroxylation is 2. The van der Waals surface area contributed by atoms with Gasteiger partial charge in [0.15, 0.2) is 0 Å². The van der Waals surface area contributed by atoms with Crippen molar-refractivity contribution in [3.63, 3.8) is 0 Å². The maximum Gasteiger partial charge on any atom is 0.270 e. The van der Waals surface area contributed by atoms with Crippen LogP contribution >= 0.6 is 0 Å². The molecule has 3 rings (SSSR count). The molecule has 2 aromatic rings. The minimum Gasteiger partial charge on any atom is -0.355 e. The Balaban J connectivity index is 1.68. The van der Waals surface area contributed by atoms with Gasteiger partial charge in [0.2, 0.25) is 0 Å². The second kappa shape index (κ2) is 6.71. The molecule has 1 aliphatic rings. The molecule has 24 heavy (non-hydrogen) atoms. The monoisotopic (exact) mass is 324 g/mol.